The van der Waals surface area contributed by atoms with E-state index >= 15 is 0 Å². The number of rotatable bonds is 9. The molecular formula is C12H26N2O2. The number of hydrogen-bond donors (Lipinski definition) is 2. The van der Waals surface area contributed by atoms with E-state index in [4.69, 9.17) is 4.74 Å². The molecule has 4 nitrogen and oxygen atoms in total. The van der Waals surface area contributed by atoms with Gasteiger partial charge in [0.1, 0.15) is 0 Å². The third kappa shape index (κ3) is 11.5. The fourth-order valence-electron chi connectivity index (χ4n) is 1.14. The second-order valence-corrected chi connectivity index (χ2v) is 4.68. The Hall–Kier alpha value is -0.610. The van der Waals surface area contributed by atoms with Crippen molar-refractivity contribution in [2.45, 2.75) is 40.2 Å². The maximum Gasteiger partial charge on any atom is 0.221 e. The Bertz CT molecular complexity index is 182. The monoisotopic (exact) mass is 230 g/mol. The van der Waals surface area contributed by atoms with Crippen LogP contribution in [0.4, 0.5) is 0 Å². The van der Waals surface area contributed by atoms with E-state index in [-0.39, 0.29) is 5.91 Å². The zero-order chi connectivity index (χ0) is 12.4. The highest BCUT2D eigenvalue weighted by Crippen LogP contribution is 1.91. The zero-order valence-corrected chi connectivity index (χ0v) is 11.0. The molecule has 0 spiro atoms. The molecule has 0 saturated carbocycles. The maximum absolute atomic E-state index is 11.3. The number of carbonyl (C=O) groups is 1. The smallest absolute Gasteiger partial charge is 0.221 e. The van der Waals surface area contributed by atoms with E-state index in [1.54, 1.807) is 0 Å². The molecule has 0 radical (unpaired) electrons. The highest BCUT2D eigenvalue weighted by molar-refractivity contribution is 5.75. The summed E-state index contributed by atoms with van der Waals surface area (Å²) >= 11 is 0. The lowest BCUT2D eigenvalue weighted by Crippen LogP contribution is -2.32. The van der Waals surface area contributed by atoms with Gasteiger partial charge in [0.2, 0.25) is 5.91 Å². The van der Waals surface area contributed by atoms with Crippen LogP contribution < -0.4 is 10.6 Å². The van der Waals surface area contributed by atoms with Crippen LogP contribution in [0.1, 0.15) is 34.1 Å². The first kappa shape index (κ1) is 15.4. The largest absolute Gasteiger partial charge is 0.379 e. The topological polar surface area (TPSA) is 50.4 Å². The molecule has 0 bridgehead atoms. The quantitative estimate of drug-likeness (QED) is 0.584. The number of ether oxygens (including phenoxy) is 1. The molecule has 0 heterocycles. The van der Waals surface area contributed by atoms with Crippen molar-refractivity contribution in [2.75, 3.05) is 26.3 Å². The predicted molar refractivity (Wildman–Crippen MR) is 66.4 cm³/mol. The molecule has 0 unspecified atom stereocenters. The maximum atomic E-state index is 11.3. The summed E-state index contributed by atoms with van der Waals surface area (Å²) in [5.74, 6) is 0.632. The van der Waals surface area contributed by atoms with Gasteiger partial charge in [-0.05, 0) is 5.92 Å². The summed E-state index contributed by atoms with van der Waals surface area (Å²) in [6.45, 7) is 11.0. The SMILES string of the molecule is CC(C)COCCNC(=O)CCNC(C)C. The highest BCUT2D eigenvalue weighted by atomic mass is 16.5. The molecule has 0 aromatic heterocycles. The van der Waals surface area contributed by atoms with Crippen LogP contribution in [0.3, 0.4) is 0 Å². The number of hydrogen-bond acceptors (Lipinski definition) is 3. The molecule has 0 aliphatic rings. The van der Waals surface area contributed by atoms with Crippen LogP contribution in [0.2, 0.25) is 0 Å². The van der Waals surface area contributed by atoms with Crippen molar-refractivity contribution in [2.24, 2.45) is 5.92 Å². The number of carbonyl (C=O) groups excluding carboxylic acids is 1. The molecule has 0 fully saturated rings. The molecule has 0 rings (SSSR count). The summed E-state index contributed by atoms with van der Waals surface area (Å²) in [7, 11) is 0. The lowest BCUT2D eigenvalue weighted by atomic mass is 10.2. The van der Waals surface area contributed by atoms with Crippen molar-refractivity contribution in [3.8, 4) is 0 Å². The predicted octanol–water partition coefficient (Wildman–Crippen LogP) is 1.16. The molecule has 0 aliphatic heterocycles. The first-order valence-corrected chi connectivity index (χ1v) is 6.10. The van der Waals surface area contributed by atoms with Gasteiger partial charge in [-0.2, -0.15) is 0 Å². The molecular weight excluding hydrogens is 204 g/mol. The molecule has 0 saturated heterocycles. The molecule has 0 aromatic rings. The van der Waals surface area contributed by atoms with Crippen LogP contribution in [0.15, 0.2) is 0 Å². The van der Waals surface area contributed by atoms with Crippen LogP contribution in [-0.4, -0.2) is 38.3 Å². The molecule has 1 amide bonds. The average molecular weight is 230 g/mol. The minimum atomic E-state index is 0.0845. The lowest BCUT2D eigenvalue weighted by Gasteiger charge is -2.09. The molecule has 2 N–H and O–H groups in total. The summed E-state index contributed by atoms with van der Waals surface area (Å²) < 4.78 is 5.36. The Labute approximate surface area is 99.1 Å². The van der Waals surface area contributed by atoms with Gasteiger partial charge in [0.05, 0.1) is 6.61 Å². The van der Waals surface area contributed by atoms with Gasteiger partial charge < -0.3 is 15.4 Å². The second-order valence-electron chi connectivity index (χ2n) is 4.68. The molecule has 4 heteroatoms. The van der Waals surface area contributed by atoms with Crippen molar-refractivity contribution >= 4 is 5.91 Å². The van der Waals surface area contributed by atoms with Crippen molar-refractivity contribution in [1.82, 2.24) is 10.6 Å². The van der Waals surface area contributed by atoms with Crippen LogP contribution in [0.25, 0.3) is 0 Å². The minimum Gasteiger partial charge on any atom is -0.379 e. The fraction of sp³-hybridized carbons (Fsp3) is 0.917. The van der Waals surface area contributed by atoms with E-state index in [1.165, 1.54) is 0 Å². The van der Waals surface area contributed by atoms with Gasteiger partial charge >= 0.3 is 0 Å². The Morgan fingerprint density at radius 3 is 2.44 bits per heavy atom. The summed E-state index contributed by atoms with van der Waals surface area (Å²) in [5.41, 5.74) is 0. The van der Waals surface area contributed by atoms with E-state index in [0.717, 1.165) is 13.2 Å². The lowest BCUT2D eigenvalue weighted by molar-refractivity contribution is -0.121. The minimum absolute atomic E-state index is 0.0845. The van der Waals surface area contributed by atoms with Gasteiger partial charge in [-0.1, -0.05) is 27.7 Å². The van der Waals surface area contributed by atoms with Crippen LogP contribution in [-0.2, 0) is 9.53 Å². The van der Waals surface area contributed by atoms with Gasteiger partial charge in [0, 0.05) is 32.2 Å². The third-order valence-electron chi connectivity index (χ3n) is 1.92. The van der Waals surface area contributed by atoms with Crippen LogP contribution >= 0.6 is 0 Å². The van der Waals surface area contributed by atoms with Gasteiger partial charge in [-0.25, -0.2) is 0 Å². The zero-order valence-electron chi connectivity index (χ0n) is 11.0. The molecule has 0 aromatic carbocycles. The Morgan fingerprint density at radius 1 is 1.19 bits per heavy atom. The first-order valence-electron chi connectivity index (χ1n) is 6.10. The standard InChI is InChI=1S/C12H26N2O2/c1-10(2)9-16-8-7-14-12(15)5-6-13-11(3)4/h10-11,13H,5-9H2,1-4H3,(H,14,15). The molecule has 16 heavy (non-hydrogen) atoms. The first-order chi connectivity index (χ1) is 7.52. The number of amides is 1. The Balaban J connectivity index is 3.24. The molecule has 0 atom stereocenters. The van der Waals surface area contributed by atoms with E-state index in [2.05, 4.69) is 38.3 Å². The second kappa shape index (κ2) is 9.60. The van der Waals surface area contributed by atoms with Crippen molar-refractivity contribution in [3.05, 3.63) is 0 Å². The summed E-state index contributed by atoms with van der Waals surface area (Å²) in [4.78, 5) is 11.3. The normalized spacial score (nSPS) is 11.1. The summed E-state index contributed by atoms with van der Waals surface area (Å²) in [5, 5.41) is 6.03. The van der Waals surface area contributed by atoms with Crippen LogP contribution in [0, 0.1) is 5.92 Å². The molecule has 96 valence electrons. The van der Waals surface area contributed by atoms with Crippen LogP contribution in [0.5, 0.6) is 0 Å². The van der Waals surface area contributed by atoms with E-state index < -0.39 is 0 Å². The van der Waals surface area contributed by atoms with Gasteiger partial charge in [0.15, 0.2) is 0 Å². The van der Waals surface area contributed by atoms with Gasteiger partial charge in [-0.3, -0.25) is 4.79 Å². The molecule has 0 aliphatic carbocycles. The van der Waals surface area contributed by atoms with Crippen molar-refractivity contribution in [3.63, 3.8) is 0 Å². The fourth-order valence-corrected chi connectivity index (χ4v) is 1.14. The highest BCUT2D eigenvalue weighted by Gasteiger charge is 2.01. The third-order valence-corrected chi connectivity index (χ3v) is 1.92. The van der Waals surface area contributed by atoms with Gasteiger partial charge in [0.25, 0.3) is 0 Å². The average Bonchev–Trinajstić information content (AvgIpc) is 2.16. The Kier molecular flexibility index (Phi) is 9.24. The van der Waals surface area contributed by atoms with E-state index in [9.17, 15) is 4.79 Å². The summed E-state index contributed by atoms with van der Waals surface area (Å²) in [6, 6.07) is 0.433. The van der Waals surface area contributed by atoms with E-state index in [0.29, 0.717) is 31.5 Å². The van der Waals surface area contributed by atoms with Crippen molar-refractivity contribution in [1.29, 1.82) is 0 Å². The Morgan fingerprint density at radius 2 is 1.88 bits per heavy atom. The van der Waals surface area contributed by atoms with Gasteiger partial charge in [-0.15, -0.1) is 0 Å². The van der Waals surface area contributed by atoms with E-state index in [1.807, 2.05) is 0 Å². The summed E-state index contributed by atoms with van der Waals surface area (Å²) in [6.07, 6.45) is 0.530. The van der Waals surface area contributed by atoms with Crippen molar-refractivity contribution < 1.29 is 9.53 Å². The number of nitrogens with one attached hydrogen (secondary N) is 2.